The zero-order valence-corrected chi connectivity index (χ0v) is 11.0. The Balaban J connectivity index is 2.29. The van der Waals surface area contributed by atoms with Crippen molar-refractivity contribution in [3.8, 4) is 0 Å². The number of halogens is 2. The molecule has 4 heteroatoms. The smallest absolute Gasteiger partial charge is 0.127 e. The summed E-state index contributed by atoms with van der Waals surface area (Å²) in [4.78, 5) is 2.22. The number of hydrogen-bond donors (Lipinski definition) is 1. The molecule has 0 aromatic heterocycles. The third-order valence-corrected chi connectivity index (χ3v) is 4.05. The lowest BCUT2D eigenvalue weighted by atomic mass is 9.99. The summed E-state index contributed by atoms with van der Waals surface area (Å²) in [7, 11) is 2.05. The predicted molar refractivity (Wildman–Crippen MR) is 68.7 cm³/mol. The van der Waals surface area contributed by atoms with Crippen molar-refractivity contribution in [2.75, 3.05) is 20.1 Å². The number of nitrogens with zero attached hydrogens (tertiary/aromatic N) is 1. The van der Waals surface area contributed by atoms with Crippen molar-refractivity contribution in [3.05, 3.63) is 34.1 Å². The highest BCUT2D eigenvalue weighted by Gasteiger charge is 2.30. The normalized spacial score (nSPS) is 25.5. The molecule has 2 N–H and O–H groups in total. The van der Waals surface area contributed by atoms with Gasteiger partial charge < -0.3 is 5.73 Å². The second kappa shape index (κ2) is 4.92. The van der Waals surface area contributed by atoms with Crippen LogP contribution in [0.4, 0.5) is 4.39 Å². The quantitative estimate of drug-likeness (QED) is 0.882. The summed E-state index contributed by atoms with van der Waals surface area (Å²) in [5.74, 6) is 0.269. The van der Waals surface area contributed by atoms with Gasteiger partial charge >= 0.3 is 0 Å². The van der Waals surface area contributed by atoms with Gasteiger partial charge in [-0.05, 0) is 50.6 Å². The molecule has 0 radical (unpaired) electrons. The monoisotopic (exact) mass is 256 g/mol. The van der Waals surface area contributed by atoms with Gasteiger partial charge in [0.2, 0.25) is 0 Å². The first-order valence-electron chi connectivity index (χ1n) is 5.88. The standard InChI is InChI=1S/C13H18ClFN2/c1-8-11(14)4-10(5-12(8)15)13-3-9(6-16)7-17(13)2/h4-5,9,13H,3,6-7,16H2,1-2H3. The summed E-state index contributed by atoms with van der Waals surface area (Å²) >= 11 is 6.03. The average Bonchev–Trinajstić information content (AvgIpc) is 2.67. The van der Waals surface area contributed by atoms with Crippen LogP contribution in [-0.4, -0.2) is 25.0 Å². The number of likely N-dealkylation sites (tertiary alicyclic amines) is 1. The molecule has 0 spiro atoms. The Morgan fingerprint density at radius 2 is 2.24 bits per heavy atom. The Morgan fingerprint density at radius 1 is 1.53 bits per heavy atom. The summed E-state index contributed by atoms with van der Waals surface area (Å²) in [5.41, 5.74) is 7.17. The van der Waals surface area contributed by atoms with E-state index >= 15 is 0 Å². The molecular formula is C13H18ClFN2. The molecule has 1 heterocycles. The molecule has 2 unspecified atom stereocenters. The fourth-order valence-corrected chi connectivity index (χ4v) is 2.74. The Bertz CT molecular complexity index is 399. The average molecular weight is 257 g/mol. The highest BCUT2D eigenvalue weighted by molar-refractivity contribution is 6.31. The molecule has 0 saturated carbocycles. The predicted octanol–water partition coefficient (Wildman–Crippen LogP) is 2.74. The largest absolute Gasteiger partial charge is 0.330 e. The van der Waals surface area contributed by atoms with E-state index in [-0.39, 0.29) is 11.9 Å². The lowest BCUT2D eigenvalue weighted by Gasteiger charge is -2.20. The van der Waals surface area contributed by atoms with Crippen LogP contribution >= 0.6 is 11.6 Å². The van der Waals surface area contributed by atoms with Gasteiger partial charge in [-0.2, -0.15) is 0 Å². The van der Waals surface area contributed by atoms with Crippen molar-refractivity contribution < 1.29 is 4.39 Å². The molecule has 1 fully saturated rings. The zero-order valence-electron chi connectivity index (χ0n) is 10.2. The van der Waals surface area contributed by atoms with Crippen LogP contribution in [0.3, 0.4) is 0 Å². The molecule has 1 aliphatic heterocycles. The third-order valence-electron chi connectivity index (χ3n) is 3.66. The van der Waals surface area contributed by atoms with Crippen LogP contribution < -0.4 is 5.73 Å². The van der Waals surface area contributed by atoms with Gasteiger partial charge in [-0.3, -0.25) is 4.90 Å². The molecule has 0 aliphatic carbocycles. The van der Waals surface area contributed by atoms with Crippen LogP contribution in [0, 0.1) is 18.7 Å². The van der Waals surface area contributed by atoms with Crippen molar-refractivity contribution in [2.45, 2.75) is 19.4 Å². The molecule has 2 rings (SSSR count). The van der Waals surface area contributed by atoms with Crippen molar-refractivity contribution in [2.24, 2.45) is 11.7 Å². The minimum absolute atomic E-state index is 0.225. The van der Waals surface area contributed by atoms with Gasteiger partial charge in [-0.25, -0.2) is 4.39 Å². The van der Waals surface area contributed by atoms with E-state index in [1.807, 2.05) is 13.1 Å². The first kappa shape index (κ1) is 12.8. The highest BCUT2D eigenvalue weighted by atomic mass is 35.5. The van der Waals surface area contributed by atoms with Crippen LogP contribution in [0.15, 0.2) is 12.1 Å². The first-order valence-corrected chi connectivity index (χ1v) is 6.26. The van der Waals surface area contributed by atoms with Crippen LogP contribution in [0.25, 0.3) is 0 Å². The van der Waals surface area contributed by atoms with Crippen molar-refractivity contribution >= 4 is 11.6 Å². The molecular weight excluding hydrogens is 239 g/mol. The summed E-state index contributed by atoms with van der Waals surface area (Å²) in [6.45, 7) is 3.35. The van der Waals surface area contributed by atoms with Crippen LogP contribution in [0.2, 0.25) is 5.02 Å². The molecule has 1 aromatic carbocycles. The number of nitrogens with two attached hydrogens (primary N) is 1. The molecule has 1 saturated heterocycles. The molecule has 94 valence electrons. The van der Waals surface area contributed by atoms with Crippen molar-refractivity contribution in [1.29, 1.82) is 0 Å². The molecule has 0 amide bonds. The number of benzene rings is 1. The van der Waals surface area contributed by atoms with E-state index in [2.05, 4.69) is 4.90 Å². The van der Waals surface area contributed by atoms with E-state index in [0.29, 0.717) is 23.0 Å². The molecule has 2 nitrogen and oxygen atoms in total. The van der Waals surface area contributed by atoms with Gasteiger partial charge in [0.1, 0.15) is 5.82 Å². The summed E-state index contributed by atoms with van der Waals surface area (Å²) in [5, 5.41) is 0.504. The topological polar surface area (TPSA) is 29.3 Å². The third kappa shape index (κ3) is 2.46. The van der Waals surface area contributed by atoms with Gasteiger partial charge in [0.05, 0.1) is 0 Å². The molecule has 1 aliphatic rings. The number of rotatable bonds is 2. The van der Waals surface area contributed by atoms with E-state index in [4.69, 9.17) is 17.3 Å². The summed E-state index contributed by atoms with van der Waals surface area (Å²) in [6.07, 6.45) is 0.978. The van der Waals surface area contributed by atoms with Gasteiger partial charge in [0.25, 0.3) is 0 Å². The Morgan fingerprint density at radius 3 is 2.76 bits per heavy atom. The second-order valence-corrected chi connectivity index (χ2v) is 5.31. The second-order valence-electron chi connectivity index (χ2n) is 4.90. The van der Waals surface area contributed by atoms with Crippen molar-refractivity contribution in [3.63, 3.8) is 0 Å². The van der Waals surface area contributed by atoms with Crippen LogP contribution in [-0.2, 0) is 0 Å². The fraction of sp³-hybridized carbons (Fsp3) is 0.538. The van der Waals surface area contributed by atoms with Crippen LogP contribution in [0.1, 0.15) is 23.6 Å². The molecule has 0 bridgehead atoms. The van der Waals surface area contributed by atoms with Gasteiger partial charge in [-0.15, -0.1) is 0 Å². The van der Waals surface area contributed by atoms with Gasteiger partial charge in [0.15, 0.2) is 0 Å². The summed E-state index contributed by atoms with van der Waals surface area (Å²) < 4.78 is 13.7. The zero-order chi connectivity index (χ0) is 12.6. The van der Waals surface area contributed by atoms with E-state index in [1.165, 1.54) is 0 Å². The first-order chi connectivity index (χ1) is 8.02. The molecule has 2 atom stereocenters. The lowest BCUT2D eigenvalue weighted by molar-refractivity contribution is 0.313. The Labute approximate surface area is 107 Å². The maximum atomic E-state index is 13.7. The van der Waals surface area contributed by atoms with E-state index in [9.17, 15) is 4.39 Å². The molecule has 1 aromatic rings. The Kier molecular flexibility index (Phi) is 3.71. The maximum Gasteiger partial charge on any atom is 0.127 e. The van der Waals surface area contributed by atoms with Gasteiger partial charge in [0, 0.05) is 23.2 Å². The van der Waals surface area contributed by atoms with E-state index in [1.54, 1.807) is 13.0 Å². The highest BCUT2D eigenvalue weighted by Crippen LogP contribution is 2.35. The minimum atomic E-state index is -0.225. The van der Waals surface area contributed by atoms with Gasteiger partial charge in [-0.1, -0.05) is 11.6 Å². The molecule has 17 heavy (non-hydrogen) atoms. The minimum Gasteiger partial charge on any atom is -0.330 e. The SMILES string of the molecule is Cc1c(F)cc(C2CC(CN)CN2C)cc1Cl. The van der Waals surface area contributed by atoms with E-state index < -0.39 is 0 Å². The fourth-order valence-electron chi connectivity index (χ4n) is 2.52. The number of hydrogen-bond acceptors (Lipinski definition) is 2. The lowest BCUT2D eigenvalue weighted by Crippen LogP contribution is -2.20. The Hall–Kier alpha value is -0.640. The maximum absolute atomic E-state index is 13.7. The van der Waals surface area contributed by atoms with Crippen LogP contribution in [0.5, 0.6) is 0 Å². The van der Waals surface area contributed by atoms with Crippen molar-refractivity contribution in [1.82, 2.24) is 4.90 Å². The summed E-state index contributed by atoms with van der Waals surface area (Å²) in [6, 6.07) is 3.71. The van der Waals surface area contributed by atoms with E-state index in [0.717, 1.165) is 18.5 Å².